The van der Waals surface area contributed by atoms with Crippen molar-refractivity contribution < 1.29 is 17.9 Å². The van der Waals surface area contributed by atoms with E-state index in [9.17, 15) is 12.8 Å². The lowest BCUT2D eigenvalue weighted by Crippen LogP contribution is -2.25. The normalized spacial score (nSPS) is 12.7. The summed E-state index contributed by atoms with van der Waals surface area (Å²) in [4.78, 5) is -0.0618. The maximum atomic E-state index is 13.2. The molecule has 0 spiro atoms. The van der Waals surface area contributed by atoms with Crippen LogP contribution in [0.2, 0.25) is 0 Å². The van der Waals surface area contributed by atoms with E-state index in [-0.39, 0.29) is 10.6 Å². The van der Waals surface area contributed by atoms with Crippen molar-refractivity contribution in [2.45, 2.75) is 24.4 Å². The highest BCUT2D eigenvalue weighted by atomic mass is 32.2. The van der Waals surface area contributed by atoms with Crippen LogP contribution in [0.3, 0.4) is 0 Å². The van der Waals surface area contributed by atoms with Gasteiger partial charge in [0.25, 0.3) is 0 Å². The van der Waals surface area contributed by atoms with Crippen molar-refractivity contribution in [3.63, 3.8) is 0 Å². The van der Waals surface area contributed by atoms with E-state index in [1.54, 1.807) is 0 Å². The minimum atomic E-state index is -3.68. The summed E-state index contributed by atoms with van der Waals surface area (Å²) in [5.74, 6) is -0.739. The first kappa shape index (κ1) is 12.0. The van der Waals surface area contributed by atoms with Gasteiger partial charge >= 0.3 is 0 Å². The van der Waals surface area contributed by atoms with Crippen LogP contribution >= 0.6 is 0 Å². The first-order chi connectivity index (χ1) is 6.71. The lowest BCUT2D eigenvalue weighted by atomic mass is 10.2. The number of hydrogen-bond donors (Lipinski definition) is 1. The number of halogens is 1. The summed E-state index contributed by atoms with van der Waals surface area (Å²) in [5, 5.41) is 9.12. The first-order valence-corrected chi connectivity index (χ1v) is 6.07. The average Bonchev–Trinajstić information content (AvgIpc) is 1.99. The SMILES string of the molecule is CC(C)(F)CS(=O)(=O)c1cccc(O)c1. The Hall–Kier alpha value is -1.10. The third-order valence-corrected chi connectivity index (χ3v) is 3.75. The molecule has 0 fully saturated rings. The Bertz CT molecular complexity index is 446. The van der Waals surface area contributed by atoms with E-state index in [2.05, 4.69) is 0 Å². The van der Waals surface area contributed by atoms with Crippen LogP contribution in [0.1, 0.15) is 13.8 Å². The fourth-order valence-corrected chi connectivity index (χ4v) is 2.87. The standard InChI is InChI=1S/C10H13FO3S/c1-10(2,11)7-15(13,14)9-5-3-4-8(12)6-9/h3-6,12H,7H2,1-2H3. The summed E-state index contributed by atoms with van der Waals surface area (Å²) >= 11 is 0. The molecular weight excluding hydrogens is 219 g/mol. The lowest BCUT2D eigenvalue weighted by molar-refractivity contribution is 0.249. The summed E-state index contributed by atoms with van der Waals surface area (Å²) < 4.78 is 36.5. The first-order valence-electron chi connectivity index (χ1n) is 4.41. The van der Waals surface area contributed by atoms with Crippen molar-refractivity contribution in [2.75, 3.05) is 5.75 Å². The highest BCUT2D eigenvalue weighted by Gasteiger charge is 2.27. The van der Waals surface area contributed by atoms with Gasteiger partial charge in [-0.05, 0) is 32.0 Å². The van der Waals surface area contributed by atoms with Gasteiger partial charge in [-0.1, -0.05) is 6.07 Å². The van der Waals surface area contributed by atoms with Crippen LogP contribution in [-0.4, -0.2) is 24.9 Å². The average molecular weight is 232 g/mol. The van der Waals surface area contributed by atoms with E-state index in [0.29, 0.717) is 0 Å². The second-order valence-electron chi connectivity index (χ2n) is 3.98. The van der Waals surface area contributed by atoms with Crippen molar-refractivity contribution in [2.24, 2.45) is 0 Å². The van der Waals surface area contributed by atoms with Crippen LogP contribution in [0.4, 0.5) is 4.39 Å². The van der Waals surface area contributed by atoms with Gasteiger partial charge in [-0.3, -0.25) is 0 Å². The Morgan fingerprint density at radius 2 is 2.00 bits per heavy atom. The van der Waals surface area contributed by atoms with Crippen molar-refractivity contribution in [1.82, 2.24) is 0 Å². The predicted octanol–water partition coefficient (Wildman–Crippen LogP) is 1.91. The summed E-state index contributed by atoms with van der Waals surface area (Å²) in [5.41, 5.74) is -1.79. The van der Waals surface area contributed by atoms with E-state index >= 15 is 0 Å². The summed E-state index contributed by atoms with van der Waals surface area (Å²) in [6.45, 7) is 2.40. The molecule has 0 atom stereocenters. The monoisotopic (exact) mass is 232 g/mol. The molecule has 0 unspecified atom stereocenters. The molecule has 0 aliphatic rings. The zero-order chi connectivity index (χ0) is 11.7. The van der Waals surface area contributed by atoms with Gasteiger partial charge in [0.05, 0.1) is 10.6 Å². The van der Waals surface area contributed by atoms with E-state index < -0.39 is 21.3 Å². The Morgan fingerprint density at radius 1 is 1.40 bits per heavy atom. The molecule has 84 valence electrons. The van der Waals surface area contributed by atoms with Crippen molar-refractivity contribution >= 4 is 9.84 Å². The fraction of sp³-hybridized carbons (Fsp3) is 0.400. The minimum Gasteiger partial charge on any atom is -0.508 e. The molecule has 0 aliphatic heterocycles. The highest BCUT2D eigenvalue weighted by Crippen LogP contribution is 2.21. The number of rotatable bonds is 3. The molecule has 1 aromatic carbocycles. The van der Waals surface area contributed by atoms with Crippen LogP contribution in [0.25, 0.3) is 0 Å². The van der Waals surface area contributed by atoms with Crippen molar-refractivity contribution in [1.29, 1.82) is 0 Å². The molecule has 1 rings (SSSR count). The van der Waals surface area contributed by atoms with Gasteiger partial charge in [0.15, 0.2) is 9.84 Å². The van der Waals surface area contributed by atoms with E-state index in [4.69, 9.17) is 5.11 Å². The van der Waals surface area contributed by atoms with E-state index in [0.717, 1.165) is 6.07 Å². The van der Waals surface area contributed by atoms with E-state index in [1.165, 1.54) is 32.0 Å². The van der Waals surface area contributed by atoms with E-state index in [1.807, 2.05) is 0 Å². The molecule has 0 bridgehead atoms. The van der Waals surface area contributed by atoms with Crippen molar-refractivity contribution in [3.8, 4) is 5.75 Å². The fourth-order valence-electron chi connectivity index (χ4n) is 1.21. The molecule has 0 saturated carbocycles. The van der Waals surface area contributed by atoms with Crippen LogP contribution in [0.5, 0.6) is 5.75 Å². The number of benzene rings is 1. The van der Waals surface area contributed by atoms with Crippen molar-refractivity contribution in [3.05, 3.63) is 24.3 Å². The molecule has 5 heteroatoms. The quantitative estimate of drug-likeness (QED) is 0.866. The third kappa shape index (κ3) is 3.51. The number of phenols is 1. The topological polar surface area (TPSA) is 54.4 Å². The van der Waals surface area contributed by atoms with Gasteiger partial charge in [-0.15, -0.1) is 0 Å². The van der Waals surface area contributed by atoms with Gasteiger partial charge in [-0.25, -0.2) is 12.8 Å². The molecule has 1 aromatic rings. The van der Waals surface area contributed by atoms with Crippen LogP contribution in [0.15, 0.2) is 29.2 Å². The highest BCUT2D eigenvalue weighted by molar-refractivity contribution is 7.91. The molecule has 0 saturated heterocycles. The Labute approximate surface area is 88.5 Å². The van der Waals surface area contributed by atoms with Gasteiger partial charge in [0, 0.05) is 0 Å². The van der Waals surface area contributed by atoms with Gasteiger partial charge in [0.1, 0.15) is 11.4 Å². The molecule has 3 nitrogen and oxygen atoms in total. The smallest absolute Gasteiger partial charge is 0.181 e. The molecule has 0 aliphatic carbocycles. The molecule has 0 heterocycles. The zero-order valence-corrected chi connectivity index (χ0v) is 9.38. The number of hydrogen-bond acceptors (Lipinski definition) is 3. The Morgan fingerprint density at radius 3 is 2.47 bits per heavy atom. The summed E-state index contributed by atoms with van der Waals surface area (Å²) in [7, 11) is -3.68. The molecular formula is C10H13FO3S. The number of phenolic OH excluding ortho intramolecular Hbond substituents is 1. The minimum absolute atomic E-state index is 0.0618. The number of sulfone groups is 1. The van der Waals surface area contributed by atoms with Crippen LogP contribution in [0, 0.1) is 0 Å². The van der Waals surface area contributed by atoms with Gasteiger partial charge in [0.2, 0.25) is 0 Å². The largest absolute Gasteiger partial charge is 0.508 e. The third-order valence-electron chi connectivity index (χ3n) is 1.71. The number of aromatic hydroxyl groups is 1. The predicted molar refractivity (Wildman–Crippen MR) is 55.3 cm³/mol. The molecule has 0 radical (unpaired) electrons. The maximum Gasteiger partial charge on any atom is 0.181 e. The zero-order valence-electron chi connectivity index (χ0n) is 8.57. The maximum absolute atomic E-state index is 13.2. The Balaban J connectivity index is 3.07. The van der Waals surface area contributed by atoms with Crippen LogP contribution in [-0.2, 0) is 9.84 Å². The Kier molecular flexibility index (Phi) is 3.04. The van der Waals surface area contributed by atoms with Gasteiger partial charge < -0.3 is 5.11 Å². The van der Waals surface area contributed by atoms with Gasteiger partial charge in [-0.2, -0.15) is 0 Å². The molecule has 15 heavy (non-hydrogen) atoms. The summed E-state index contributed by atoms with van der Waals surface area (Å²) in [6, 6.07) is 5.22. The second kappa shape index (κ2) is 3.81. The molecule has 0 aromatic heterocycles. The molecule has 0 amide bonds. The summed E-state index contributed by atoms with van der Waals surface area (Å²) in [6.07, 6.45) is 0. The second-order valence-corrected chi connectivity index (χ2v) is 5.96. The number of alkyl halides is 1. The lowest BCUT2D eigenvalue weighted by Gasteiger charge is -2.14. The van der Waals surface area contributed by atoms with Crippen LogP contribution < -0.4 is 0 Å². The molecule has 1 N–H and O–H groups in total.